The zero-order chi connectivity index (χ0) is 15.2. The Morgan fingerprint density at radius 1 is 1.43 bits per heavy atom. The zero-order valence-electron chi connectivity index (χ0n) is 12.1. The number of likely N-dealkylation sites (N-methyl/N-ethyl adjacent to an activating group) is 1. The van der Waals surface area contributed by atoms with Crippen LogP contribution in [-0.4, -0.2) is 30.5 Å². The fraction of sp³-hybridized carbons (Fsp3) is 0.400. The normalized spacial score (nSPS) is 12.6. The van der Waals surface area contributed by atoms with Crippen molar-refractivity contribution in [2.75, 3.05) is 20.8 Å². The fourth-order valence-corrected chi connectivity index (χ4v) is 3.08. The molecule has 2 rings (SSSR count). The molecule has 6 heteroatoms. The molecule has 1 N–H and O–H groups in total. The topological polar surface area (TPSA) is 39.1 Å². The van der Waals surface area contributed by atoms with E-state index in [1.807, 2.05) is 36.1 Å². The molecule has 2 aromatic rings. The van der Waals surface area contributed by atoms with Crippen molar-refractivity contribution in [2.45, 2.75) is 19.0 Å². The van der Waals surface area contributed by atoms with Crippen LogP contribution in [-0.2, 0) is 17.7 Å². The molecule has 0 amide bonds. The Morgan fingerprint density at radius 3 is 2.86 bits per heavy atom. The molecular formula is C15H19BrClN3O. The molecule has 1 aromatic heterocycles. The quantitative estimate of drug-likeness (QED) is 0.809. The molecule has 0 radical (unpaired) electrons. The molecule has 0 bridgehead atoms. The van der Waals surface area contributed by atoms with Gasteiger partial charge in [-0.05, 0) is 41.0 Å². The maximum absolute atomic E-state index is 6.27. The van der Waals surface area contributed by atoms with Crippen molar-refractivity contribution >= 4 is 27.5 Å². The average molecular weight is 373 g/mol. The van der Waals surface area contributed by atoms with Gasteiger partial charge in [0.25, 0.3) is 0 Å². The van der Waals surface area contributed by atoms with E-state index < -0.39 is 0 Å². The van der Waals surface area contributed by atoms with Gasteiger partial charge in [0, 0.05) is 12.1 Å². The van der Waals surface area contributed by atoms with E-state index in [2.05, 4.69) is 32.4 Å². The molecule has 0 spiro atoms. The Hall–Kier alpha value is -0.880. The molecule has 0 aliphatic carbocycles. The van der Waals surface area contributed by atoms with Crippen LogP contribution in [0.15, 0.2) is 34.9 Å². The van der Waals surface area contributed by atoms with Crippen molar-refractivity contribution in [1.82, 2.24) is 15.1 Å². The maximum Gasteiger partial charge on any atom is 0.0700 e. The smallest absolute Gasteiger partial charge is 0.0700 e. The van der Waals surface area contributed by atoms with Crippen LogP contribution in [0.5, 0.6) is 0 Å². The first kappa shape index (κ1) is 16.5. The first-order valence-electron chi connectivity index (χ1n) is 6.78. The summed E-state index contributed by atoms with van der Waals surface area (Å²) in [5.41, 5.74) is 2.22. The monoisotopic (exact) mass is 371 g/mol. The van der Waals surface area contributed by atoms with Gasteiger partial charge in [0.2, 0.25) is 0 Å². The summed E-state index contributed by atoms with van der Waals surface area (Å²) in [4.78, 5) is 0. The summed E-state index contributed by atoms with van der Waals surface area (Å²) < 4.78 is 8.10. The lowest BCUT2D eigenvalue weighted by atomic mass is 10.0. The van der Waals surface area contributed by atoms with Gasteiger partial charge in [-0.25, -0.2) is 0 Å². The van der Waals surface area contributed by atoms with Gasteiger partial charge in [-0.3, -0.25) is 4.68 Å². The SMILES string of the molecule is CNC(Cc1ccccc1Cl)c1c(Br)cnn1CCOC. The number of halogens is 2. The standard InChI is InChI=1S/C15H19BrClN3O/c1-18-14(9-11-5-3-4-6-13(11)17)15-12(16)10-19-20(15)7-8-21-2/h3-6,10,14,18H,7-9H2,1-2H3. The lowest BCUT2D eigenvalue weighted by molar-refractivity contribution is 0.181. The Morgan fingerprint density at radius 2 is 2.19 bits per heavy atom. The largest absolute Gasteiger partial charge is 0.383 e. The Bertz CT molecular complexity index is 588. The van der Waals surface area contributed by atoms with Gasteiger partial charge in [0.1, 0.15) is 0 Å². The summed E-state index contributed by atoms with van der Waals surface area (Å²) >= 11 is 9.85. The number of hydrogen-bond acceptors (Lipinski definition) is 3. The molecule has 0 saturated heterocycles. The van der Waals surface area contributed by atoms with Gasteiger partial charge >= 0.3 is 0 Å². The molecule has 0 saturated carbocycles. The zero-order valence-corrected chi connectivity index (χ0v) is 14.5. The summed E-state index contributed by atoms with van der Waals surface area (Å²) in [7, 11) is 3.64. The van der Waals surface area contributed by atoms with Gasteiger partial charge in [0.15, 0.2) is 0 Å². The van der Waals surface area contributed by atoms with Crippen LogP contribution in [0.25, 0.3) is 0 Å². The highest BCUT2D eigenvalue weighted by molar-refractivity contribution is 9.10. The van der Waals surface area contributed by atoms with Crippen molar-refractivity contribution in [3.63, 3.8) is 0 Å². The van der Waals surface area contributed by atoms with Crippen LogP contribution in [0.1, 0.15) is 17.3 Å². The molecule has 1 atom stereocenters. The number of rotatable bonds is 7. The molecule has 4 nitrogen and oxygen atoms in total. The van der Waals surface area contributed by atoms with E-state index >= 15 is 0 Å². The lowest BCUT2D eigenvalue weighted by Gasteiger charge is -2.19. The number of nitrogens with zero attached hydrogens (tertiary/aromatic N) is 2. The van der Waals surface area contributed by atoms with Crippen LogP contribution in [0, 0.1) is 0 Å². The third-order valence-corrected chi connectivity index (χ3v) is 4.38. The molecule has 0 aliphatic rings. The fourth-order valence-electron chi connectivity index (χ4n) is 2.29. The average Bonchev–Trinajstić information content (AvgIpc) is 2.85. The van der Waals surface area contributed by atoms with Crippen LogP contribution >= 0.6 is 27.5 Å². The third-order valence-electron chi connectivity index (χ3n) is 3.40. The number of benzene rings is 1. The number of nitrogens with one attached hydrogen (secondary N) is 1. The van der Waals surface area contributed by atoms with E-state index in [9.17, 15) is 0 Å². The number of hydrogen-bond donors (Lipinski definition) is 1. The molecule has 1 unspecified atom stereocenters. The molecular weight excluding hydrogens is 354 g/mol. The maximum atomic E-state index is 6.27. The van der Waals surface area contributed by atoms with Gasteiger partial charge < -0.3 is 10.1 Å². The minimum atomic E-state index is 0.124. The van der Waals surface area contributed by atoms with E-state index in [1.165, 1.54) is 0 Å². The number of ether oxygens (including phenoxy) is 1. The molecule has 21 heavy (non-hydrogen) atoms. The molecule has 1 heterocycles. The van der Waals surface area contributed by atoms with Crippen LogP contribution < -0.4 is 5.32 Å². The predicted molar refractivity (Wildman–Crippen MR) is 88.8 cm³/mol. The minimum absolute atomic E-state index is 0.124. The summed E-state index contributed by atoms with van der Waals surface area (Å²) in [6.07, 6.45) is 2.62. The van der Waals surface area contributed by atoms with E-state index in [0.717, 1.165) is 33.7 Å². The van der Waals surface area contributed by atoms with E-state index in [0.29, 0.717) is 6.61 Å². The molecule has 1 aromatic carbocycles. The van der Waals surface area contributed by atoms with E-state index in [-0.39, 0.29) is 6.04 Å². The summed E-state index contributed by atoms with van der Waals surface area (Å²) in [5, 5.41) is 8.54. The Balaban J connectivity index is 2.25. The van der Waals surface area contributed by atoms with Crippen LogP contribution in [0.3, 0.4) is 0 Å². The van der Waals surface area contributed by atoms with Crippen molar-refractivity contribution in [3.05, 3.63) is 51.2 Å². The summed E-state index contributed by atoms with van der Waals surface area (Å²) in [6, 6.07) is 8.04. The Kier molecular flexibility index (Phi) is 6.23. The summed E-state index contributed by atoms with van der Waals surface area (Å²) in [5.74, 6) is 0. The third kappa shape index (κ3) is 4.07. The van der Waals surface area contributed by atoms with E-state index in [1.54, 1.807) is 7.11 Å². The van der Waals surface area contributed by atoms with Gasteiger partial charge in [-0.1, -0.05) is 29.8 Å². The van der Waals surface area contributed by atoms with E-state index in [4.69, 9.17) is 16.3 Å². The molecule has 114 valence electrons. The lowest BCUT2D eigenvalue weighted by Crippen LogP contribution is -2.24. The molecule has 0 fully saturated rings. The highest BCUT2D eigenvalue weighted by atomic mass is 79.9. The van der Waals surface area contributed by atoms with Crippen molar-refractivity contribution in [3.8, 4) is 0 Å². The van der Waals surface area contributed by atoms with Gasteiger partial charge in [-0.2, -0.15) is 5.10 Å². The van der Waals surface area contributed by atoms with Crippen LogP contribution in [0.2, 0.25) is 5.02 Å². The highest BCUT2D eigenvalue weighted by Crippen LogP contribution is 2.28. The van der Waals surface area contributed by atoms with Gasteiger partial charge in [0.05, 0.1) is 35.6 Å². The first-order chi connectivity index (χ1) is 10.2. The van der Waals surface area contributed by atoms with Crippen molar-refractivity contribution in [2.24, 2.45) is 0 Å². The predicted octanol–water partition coefficient (Wildman–Crippen LogP) is 3.45. The van der Waals surface area contributed by atoms with Crippen molar-refractivity contribution in [1.29, 1.82) is 0 Å². The second kappa shape index (κ2) is 7.94. The van der Waals surface area contributed by atoms with Crippen molar-refractivity contribution < 1.29 is 4.74 Å². The van der Waals surface area contributed by atoms with Crippen LogP contribution in [0.4, 0.5) is 0 Å². The number of methoxy groups -OCH3 is 1. The Labute approximate surface area is 138 Å². The summed E-state index contributed by atoms with van der Waals surface area (Å²) in [6.45, 7) is 1.35. The highest BCUT2D eigenvalue weighted by Gasteiger charge is 2.20. The molecule has 0 aliphatic heterocycles. The van der Waals surface area contributed by atoms with Gasteiger partial charge in [-0.15, -0.1) is 0 Å². The second-order valence-electron chi connectivity index (χ2n) is 4.73. The number of aromatic nitrogens is 2. The minimum Gasteiger partial charge on any atom is -0.383 e. The first-order valence-corrected chi connectivity index (χ1v) is 7.95. The second-order valence-corrected chi connectivity index (χ2v) is 5.99.